The minimum atomic E-state index is -0.407. The third-order valence-corrected chi connectivity index (χ3v) is 4.97. The van der Waals surface area contributed by atoms with Crippen molar-refractivity contribution in [2.24, 2.45) is 5.73 Å². The predicted octanol–water partition coefficient (Wildman–Crippen LogP) is 4.11. The number of methoxy groups -OCH3 is 1. The molecule has 7 heteroatoms. The number of ether oxygens (including phenoxy) is 3. The highest BCUT2D eigenvalue weighted by Gasteiger charge is 2.38. The number of H-pyrrole nitrogens is 1. The second-order valence-electron chi connectivity index (χ2n) is 8.10. The average molecular weight is 396 g/mol. The first-order chi connectivity index (χ1) is 13.8. The van der Waals surface area contributed by atoms with Crippen LogP contribution in [-0.4, -0.2) is 23.9 Å². The summed E-state index contributed by atoms with van der Waals surface area (Å²) in [5.41, 5.74) is 8.78. The number of nitriles is 1. The standard InChI is InChI=1S/C22H28N4O3/c1-6-7-10-28-15-9-8-13(11-16(15)27-5)17-14(12-23)20(24)29-21-18(17)19(25-26-21)22(2,3)4/h8-9,11,17H,6-7,10,24H2,1-5H3,(H,25,26)/t17-/m1/s1. The molecule has 0 fully saturated rings. The van der Waals surface area contributed by atoms with Crippen molar-refractivity contribution in [1.82, 2.24) is 10.2 Å². The Balaban J connectivity index is 2.12. The number of fused-ring (bicyclic) bond motifs is 1. The Morgan fingerprint density at radius 1 is 1.31 bits per heavy atom. The molecule has 3 N–H and O–H groups in total. The fraction of sp³-hybridized carbons (Fsp3) is 0.455. The summed E-state index contributed by atoms with van der Waals surface area (Å²) in [6.07, 6.45) is 2.02. The van der Waals surface area contributed by atoms with E-state index in [0.717, 1.165) is 29.7 Å². The average Bonchev–Trinajstić information content (AvgIpc) is 3.11. The van der Waals surface area contributed by atoms with Crippen molar-refractivity contribution in [2.45, 2.75) is 51.9 Å². The number of aromatic amines is 1. The van der Waals surface area contributed by atoms with Gasteiger partial charge in [-0.25, -0.2) is 0 Å². The minimum absolute atomic E-state index is 0.0687. The maximum absolute atomic E-state index is 9.82. The summed E-state index contributed by atoms with van der Waals surface area (Å²) in [4.78, 5) is 0. The highest BCUT2D eigenvalue weighted by molar-refractivity contribution is 5.58. The summed E-state index contributed by atoms with van der Waals surface area (Å²) in [7, 11) is 1.61. The molecule has 0 radical (unpaired) electrons. The van der Waals surface area contributed by atoms with Gasteiger partial charge in [-0.2, -0.15) is 5.26 Å². The number of nitrogens with zero attached hydrogens (tertiary/aromatic N) is 2. The molecular formula is C22H28N4O3. The SMILES string of the molecule is CCCCOc1ccc([C@@H]2C(C#N)=C(N)Oc3n[nH]c(C(C)(C)C)c32)cc1OC. The van der Waals surface area contributed by atoms with Crippen LogP contribution in [0.2, 0.25) is 0 Å². The molecule has 1 aromatic heterocycles. The summed E-state index contributed by atoms with van der Waals surface area (Å²) in [6, 6.07) is 7.93. The van der Waals surface area contributed by atoms with E-state index in [4.69, 9.17) is 19.9 Å². The lowest BCUT2D eigenvalue weighted by molar-refractivity contribution is 0.288. The number of aromatic nitrogens is 2. The molecule has 0 saturated carbocycles. The lowest BCUT2D eigenvalue weighted by Gasteiger charge is -2.27. The molecular weight excluding hydrogens is 368 g/mol. The molecule has 1 atom stereocenters. The van der Waals surface area contributed by atoms with Crippen LogP contribution in [0, 0.1) is 11.3 Å². The molecule has 3 rings (SSSR count). The maximum atomic E-state index is 9.82. The lowest BCUT2D eigenvalue weighted by atomic mass is 9.79. The van der Waals surface area contributed by atoms with Crippen LogP contribution in [0.25, 0.3) is 0 Å². The molecule has 2 aromatic rings. The van der Waals surface area contributed by atoms with Gasteiger partial charge in [-0.3, -0.25) is 5.10 Å². The summed E-state index contributed by atoms with van der Waals surface area (Å²) >= 11 is 0. The van der Waals surface area contributed by atoms with E-state index in [1.165, 1.54) is 0 Å². The third kappa shape index (κ3) is 3.88. The van der Waals surface area contributed by atoms with E-state index in [2.05, 4.69) is 44.0 Å². The molecule has 0 unspecified atom stereocenters. The van der Waals surface area contributed by atoms with Crippen molar-refractivity contribution in [3.05, 3.63) is 46.5 Å². The molecule has 2 heterocycles. The molecule has 0 saturated heterocycles. The maximum Gasteiger partial charge on any atom is 0.244 e. The van der Waals surface area contributed by atoms with E-state index in [-0.39, 0.29) is 11.3 Å². The van der Waals surface area contributed by atoms with Crippen LogP contribution in [-0.2, 0) is 5.41 Å². The number of benzene rings is 1. The molecule has 0 aliphatic carbocycles. The molecule has 154 valence electrons. The topological polar surface area (TPSA) is 106 Å². The van der Waals surface area contributed by atoms with Crippen molar-refractivity contribution in [2.75, 3.05) is 13.7 Å². The zero-order chi connectivity index (χ0) is 21.2. The van der Waals surface area contributed by atoms with E-state index in [9.17, 15) is 5.26 Å². The number of hydrogen-bond acceptors (Lipinski definition) is 6. The summed E-state index contributed by atoms with van der Waals surface area (Å²) in [6.45, 7) is 8.98. The van der Waals surface area contributed by atoms with Crippen LogP contribution in [0.15, 0.2) is 29.7 Å². The van der Waals surface area contributed by atoms with Gasteiger partial charge in [-0.15, -0.1) is 5.10 Å². The minimum Gasteiger partial charge on any atom is -0.493 e. The van der Waals surface area contributed by atoms with Crippen LogP contribution in [0.3, 0.4) is 0 Å². The second-order valence-corrected chi connectivity index (χ2v) is 8.10. The van der Waals surface area contributed by atoms with E-state index in [1.807, 2.05) is 18.2 Å². The van der Waals surface area contributed by atoms with E-state index in [0.29, 0.717) is 29.6 Å². The van der Waals surface area contributed by atoms with E-state index >= 15 is 0 Å². The molecule has 1 aliphatic heterocycles. The van der Waals surface area contributed by atoms with Crippen LogP contribution < -0.4 is 19.9 Å². The van der Waals surface area contributed by atoms with Gasteiger partial charge in [0.05, 0.1) is 25.2 Å². The number of hydrogen-bond donors (Lipinski definition) is 2. The molecule has 0 amide bonds. The molecule has 0 bridgehead atoms. The Morgan fingerprint density at radius 2 is 2.07 bits per heavy atom. The fourth-order valence-corrected chi connectivity index (χ4v) is 3.46. The Labute approximate surface area is 171 Å². The third-order valence-electron chi connectivity index (χ3n) is 4.97. The van der Waals surface area contributed by atoms with Gasteiger partial charge in [0.2, 0.25) is 11.8 Å². The zero-order valence-corrected chi connectivity index (χ0v) is 17.6. The van der Waals surface area contributed by atoms with E-state index in [1.54, 1.807) is 7.11 Å². The molecule has 7 nitrogen and oxygen atoms in total. The van der Waals surface area contributed by atoms with Gasteiger partial charge in [0.15, 0.2) is 11.5 Å². The highest BCUT2D eigenvalue weighted by Crippen LogP contribution is 2.46. The van der Waals surface area contributed by atoms with Crippen molar-refractivity contribution < 1.29 is 14.2 Å². The van der Waals surface area contributed by atoms with Crippen LogP contribution in [0.5, 0.6) is 17.4 Å². The summed E-state index contributed by atoms with van der Waals surface area (Å²) in [5, 5.41) is 17.2. The van der Waals surface area contributed by atoms with Gasteiger partial charge in [-0.1, -0.05) is 40.2 Å². The molecule has 0 spiro atoms. The van der Waals surface area contributed by atoms with E-state index < -0.39 is 5.92 Å². The summed E-state index contributed by atoms with van der Waals surface area (Å²) in [5.74, 6) is 1.35. The Morgan fingerprint density at radius 3 is 2.69 bits per heavy atom. The van der Waals surface area contributed by atoms with Gasteiger partial charge in [0.25, 0.3) is 0 Å². The Bertz CT molecular complexity index is 963. The monoisotopic (exact) mass is 396 g/mol. The van der Waals surface area contributed by atoms with Crippen molar-refractivity contribution in [3.63, 3.8) is 0 Å². The van der Waals surface area contributed by atoms with Crippen molar-refractivity contribution >= 4 is 0 Å². The molecule has 1 aromatic carbocycles. The molecule has 29 heavy (non-hydrogen) atoms. The number of unbranched alkanes of at least 4 members (excludes halogenated alkanes) is 1. The number of nitrogens with two attached hydrogens (primary N) is 1. The summed E-state index contributed by atoms with van der Waals surface area (Å²) < 4.78 is 17.1. The zero-order valence-electron chi connectivity index (χ0n) is 17.6. The first-order valence-electron chi connectivity index (χ1n) is 9.78. The molecule has 1 aliphatic rings. The van der Waals surface area contributed by atoms with Crippen LogP contribution in [0.4, 0.5) is 0 Å². The van der Waals surface area contributed by atoms with Gasteiger partial charge < -0.3 is 19.9 Å². The quantitative estimate of drug-likeness (QED) is 0.712. The van der Waals surface area contributed by atoms with Crippen molar-refractivity contribution in [3.8, 4) is 23.4 Å². The number of rotatable bonds is 6. The Kier molecular flexibility index (Phi) is 5.73. The van der Waals surface area contributed by atoms with Gasteiger partial charge in [0.1, 0.15) is 11.6 Å². The Hall–Kier alpha value is -3.14. The normalized spacial score (nSPS) is 16.1. The smallest absolute Gasteiger partial charge is 0.244 e. The van der Waals surface area contributed by atoms with Crippen molar-refractivity contribution in [1.29, 1.82) is 5.26 Å². The lowest BCUT2D eigenvalue weighted by Crippen LogP contribution is -2.24. The van der Waals surface area contributed by atoms with Gasteiger partial charge in [-0.05, 0) is 24.1 Å². The van der Waals surface area contributed by atoms with Gasteiger partial charge in [0, 0.05) is 11.1 Å². The predicted molar refractivity (Wildman–Crippen MR) is 110 cm³/mol. The number of nitrogens with one attached hydrogen (secondary N) is 1. The second kappa shape index (κ2) is 8.08. The largest absolute Gasteiger partial charge is 0.493 e. The fourth-order valence-electron chi connectivity index (χ4n) is 3.46. The highest BCUT2D eigenvalue weighted by atomic mass is 16.5. The van der Waals surface area contributed by atoms with Crippen LogP contribution >= 0.6 is 0 Å². The number of allylic oxidation sites excluding steroid dienone is 1. The van der Waals surface area contributed by atoms with Gasteiger partial charge >= 0.3 is 0 Å². The first kappa shape index (κ1) is 20.6. The first-order valence-corrected chi connectivity index (χ1v) is 9.78. The van der Waals surface area contributed by atoms with Crippen LogP contribution in [0.1, 0.15) is 63.3 Å².